The van der Waals surface area contributed by atoms with Crippen LogP contribution in [0.4, 0.5) is 14.5 Å². The molecule has 1 aliphatic rings. The van der Waals surface area contributed by atoms with Crippen molar-refractivity contribution in [2.45, 2.75) is 38.7 Å². The Morgan fingerprint density at radius 3 is 2.54 bits per heavy atom. The third kappa shape index (κ3) is 4.10. The summed E-state index contributed by atoms with van der Waals surface area (Å²) in [7, 11) is 3.67. The van der Waals surface area contributed by atoms with E-state index in [-0.39, 0.29) is 11.5 Å². The van der Waals surface area contributed by atoms with Crippen molar-refractivity contribution in [3.05, 3.63) is 64.2 Å². The molecule has 0 bridgehead atoms. The van der Waals surface area contributed by atoms with E-state index in [0.717, 1.165) is 26.2 Å². The van der Waals surface area contributed by atoms with Gasteiger partial charge in [-0.1, -0.05) is 12.1 Å². The number of rotatable bonds is 5. The lowest BCUT2D eigenvalue weighted by atomic mass is 10.0. The standard InChI is InChI=1S/C21H24F2N2O/c1-21(22,23)19-12-18(10-9-17(19)13-25(2)3)24-20(26)16-8-7-14-5-4-6-15(14)11-16/h7-12H,4-6,13H2,1-3H3,(H,24,26). The van der Waals surface area contributed by atoms with Crippen LogP contribution >= 0.6 is 0 Å². The highest BCUT2D eigenvalue weighted by Crippen LogP contribution is 2.33. The maximum Gasteiger partial charge on any atom is 0.270 e. The van der Waals surface area contributed by atoms with E-state index in [1.165, 1.54) is 17.2 Å². The maximum absolute atomic E-state index is 14.0. The van der Waals surface area contributed by atoms with Gasteiger partial charge in [-0.2, -0.15) is 0 Å². The zero-order valence-electron chi connectivity index (χ0n) is 15.4. The van der Waals surface area contributed by atoms with Gasteiger partial charge in [0.05, 0.1) is 0 Å². The molecule has 5 heteroatoms. The monoisotopic (exact) mass is 358 g/mol. The predicted molar refractivity (Wildman–Crippen MR) is 99.8 cm³/mol. The van der Waals surface area contributed by atoms with Crippen molar-refractivity contribution in [1.82, 2.24) is 4.90 Å². The second-order valence-corrected chi connectivity index (χ2v) is 7.29. The summed E-state index contributed by atoms with van der Waals surface area (Å²) >= 11 is 0. The molecule has 3 rings (SSSR count). The minimum absolute atomic E-state index is 0.0575. The van der Waals surface area contributed by atoms with E-state index in [0.29, 0.717) is 23.4 Å². The summed E-state index contributed by atoms with van der Waals surface area (Å²) < 4.78 is 28.0. The first-order valence-corrected chi connectivity index (χ1v) is 8.83. The average molecular weight is 358 g/mol. The zero-order valence-corrected chi connectivity index (χ0v) is 15.4. The first-order chi connectivity index (χ1) is 12.2. The van der Waals surface area contributed by atoms with Crippen molar-refractivity contribution in [2.24, 2.45) is 0 Å². The minimum atomic E-state index is -2.97. The molecular weight excluding hydrogens is 334 g/mol. The van der Waals surface area contributed by atoms with E-state index in [1.807, 2.05) is 31.1 Å². The maximum atomic E-state index is 14.0. The summed E-state index contributed by atoms with van der Waals surface area (Å²) in [5, 5.41) is 2.76. The first kappa shape index (κ1) is 18.5. The number of anilines is 1. The van der Waals surface area contributed by atoms with E-state index in [1.54, 1.807) is 18.2 Å². The number of amides is 1. The number of nitrogens with zero attached hydrogens (tertiary/aromatic N) is 1. The number of hydrogen-bond donors (Lipinski definition) is 1. The third-order valence-corrected chi connectivity index (χ3v) is 4.69. The Labute approximate surface area is 153 Å². The number of halogens is 2. The van der Waals surface area contributed by atoms with Crippen LogP contribution < -0.4 is 5.32 Å². The molecule has 0 aliphatic heterocycles. The van der Waals surface area contributed by atoms with Crippen molar-refractivity contribution in [1.29, 1.82) is 0 Å². The molecule has 0 saturated heterocycles. The Morgan fingerprint density at radius 2 is 1.85 bits per heavy atom. The van der Waals surface area contributed by atoms with Crippen LogP contribution in [-0.4, -0.2) is 24.9 Å². The van der Waals surface area contributed by atoms with Crippen LogP contribution in [-0.2, 0) is 25.3 Å². The second kappa shape index (κ2) is 7.16. The zero-order chi connectivity index (χ0) is 18.9. The van der Waals surface area contributed by atoms with E-state index in [4.69, 9.17) is 0 Å². The SMILES string of the molecule is CN(C)Cc1ccc(NC(=O)c2ccc3c(c2)CCC3)cc1C(C)(F)F. The average Bonchev–Trinajstić information content (AvgIpc) is 3.02. The topological polar surface area (TPSA) is 32.3 Å². The van der Waals surface area contributed by atoms with Crippen LogP contribution in [0, 0.1) is 0 Å². The van der Waals surface area contributed by atoms with Gasteiger partial charge in [0.1, 0.15) is 0 Å². The fourth-order valence-corrected chi connectivity index (χ4v) is 3.46. The number of hydrogen-bond acceptors (Lipinski definition) is 2. The summed E-state index contributed by atoms with van der Waals surface area (Å²) in [6.45, 7) is 1.30. The van der Waals surface area contributed by atoms with Crippen molar-refractivity contribution >= 4 is 11.6 Å². The Morgan fingerprint density at radius 1 is 1.12 bits per heavy atom. The van der Waals surface area contributed by atoms with E-state index < -0.39 is 5.92 Å². The number of fused-ring (bicyclic) bond motifs is 1. The number of carbonyl (C=O) groups is 1. The van der Waals surface area contributed by atoms with Gasteiger partial charge in [0.2, 0.25) is 0 Å². The van der Waals surface area contributed by atoms with Crippen molar-refractivity contribution < 1.29 is 13.6 Å². The number of aryl methyl sites for hydroxylation is 2. The molecule has 3 nitrogen and oxygen atoms in total. The van der Waals surface area contributed by atoms with Crippen LogP contribution in [0.15, 0.2) is 36.4 Å². The Hall–Kier alpha value is -2.27. The van der Waals surface area contributed by atoms with Crippen molar-refractivity contribution in [2.75, 3.05) is 19.4 Å². The molecule has 0 heterocycles. The largest absolute Gasteiger partial charge is 0.322 e. The van der Waals surface area contributed by atoms with E-state index in [2.05, 4.69) is 5.32 Å². The van der Waals surface area contributed by atoms with Crippen molar-refractivity contribution in [3.8, 4) is 0 Å². The molecule has 1 aliphatic carbocycles. The van der Waals surface area contributed by atoms with Gasteiger partial charge < -0.3 is 10.2 Å². The molecule has 26 heavy (non-hydrogen) atoms. The Kier molecular flexibility index (Phi) is 5.10. The fourth-order valence-electron chi connectivity index (χ4n) is 3.46. The van der Waals surface area contributed by atoms with Gasteiger partial charge >= 0.3 is 0 Å². The van der Waals surface area contributed by atoms with Crippen molar-refractivity contribution in [3.63, 3.8) is 0 Å². The lowest BCUT2D eigenvalue weighted by Crippen LogP contribution is -2.18. The lowest BCUT2D eigenvalue weighted by Gasteiger charge is -2.20. The molecular formula is C21H24F2N2O. The summed E-state index contributed by atoms with van der Waals surface area (Å²) in [5.74, 6) is -3.25. The highest BCUT2D eigenvalue weighted by atomic mass is 19.3. The molecule has 0 atom stereocenters. The number of alkyl halides is 2. The summed E-state index contributed by atoms with van der Waals surface area (Å²) in [6.07, 6.45) is 3.16. The van der Waals surface area contributed by atoms with Crippen LogP contribution in [0.5, 0.6) is 0 Å². The Balaban J connectivity index is 1.84. The van der Waals surface area contributed by atoms with E-state index >= 15 is 0 Å². The molecule has 0 fully saturated rings. The van der Waals surface area contributed by atoms with E-state index in [9.17, 15) is 13.6 Å². The molecule has 1 N–H and O–H groups in total. The van der Waals surface area contributed by atoms with Crippen LogP contribution in [0.2, 0.25) is 0 Å². The van der Waals surface area contributed by atoms with Crippen LogP contribution in [0.3, 0.4) is 0 Å². The lowest BCUT2D eigenvalue weighted by molar-refractivity contribution is 0.0161. The number of carbonyl (C=O) groups excluding carboxylic acids is 1. The Bertz CT molecular complexity index is 825. The van der Waals surface area contributed by atoms with Gasteiger partial charge in [0, 0.05) is 30.3 Å². The molecule has 0 aromatic heterocycles. The van der Waals surface area contributed by atoms with Gasteiger partial charge in [-0.25, -0.2) is 8.78 Å². The molecule has 2 aromatic carbocycles. The fraction of sp³-hybridized carbons (Fsp3) is 0.381. The van der Waals surface area contributed by atoms with Gasteiger partial charge in [-0.15, -0.1) is 0 Å². The molecule has 0 unspecified atom stereocenters. The van der Waals surface area contributed by atoms with Gasteiger partial charge in [0.25, 0.3) is 11.8 Å². The smallest absolute Gasteiger partial charge is 0.270 e. The second-order valence-electron chi connectivity index (χ2n) is 7.29. The van der Waals surface area contributed by atoms with Gasteiger partial charge in [0.15, 0.2) is 0 Å². The summed E-state index contributed by atoms with van der Waals surface area (Å²) in [5.41, 5.74) is 3.95. The molecule has 0 spiro atoms. The van der Waals surface area contributed by atoms with Crippen LogP contribution in [0.1, 0.15) is 46.0 Å². The summed E-state index contributed by atoms with van der Waals surface area (Å²) in [4.78, 5) is 14.4. The first-order valence-electron chi connectivity index (χ1n) is 8.83. The quantitative estimate of drug-likeness (QED) is 0.847. The third-order valence-electron chi connectivity index (χ3n) is 4.69. The molecule has 1 amide bonds. The molecule has 2 aromatic rings. The summed E-state index contributed by atoms with van der Waals surface area (Å²) in [6, 6.07) is 10.4. The predicted octanol–water partition coefficient (Wildman–Crippen LogP) is 4.60. The molecule has 0 radical (unpaired) electrons. The normalized spacial score (nSPS) is 13.8. The molecule has 0 saturated carbocycles. The van der Waals surface area contributed by atoms with Gasteiger partial charge in [-0.05, 0) is 74.3 Å². The number of benzene rings is 2. The minimum Gasteiger partial charge on any atom is -0.322 e. The van der Waals surface area contributed by atoms with Gasteiger partial charge in [-0.3, -0.25) is 4.79 Å². The number of nitrogens with one attached hydrogen (secondary N) is 1. The highest BCUT2D eigenvalue weighted by Gasteiger charge is 2.28. The molecule has 138 valence electrons. The van der Waals surface area contributed by atoms with Crippen LogP contribution in [0.25, 0.3) is 0 Å². The highest BCUT2D eigenvalue weighted by molar-refractivity contribution is 6.04.